The first-order valence-corrected chi connectivity index (χ1v) is 14.5. The summed E-state index contributed by atoms with van der Waals surface area (Å²) >= 11 is 0. The van der Waals surface area contributed by atoms with E-state index in [9.17, 15) is 0 Å². The molecule has 0 radical (unpaired) electrons. The number of methoxy groups -OCH3 is 1. The van der Waals surface area contributed by atoms with Crippen molar-refractivity contribution in [1.29, 1.82) is 0 Å². The molecule has 0 spiro atoms. The molecule has 39 heavy (non-hydrogen) atoms. The van der Waals surface area contributed by atoms with E-state index in [-0.39, 0.29) is 0 Å². The van der Waals surface area contributed by atoms with Gasteiger partial charge in [0, 0.05) is 12.9 Å². The average molecular weight is 545 g/mol. The molecule has 0 atom stereocenters. The van der Waals surface area contributed by atoms with E-state index in [1.165, 1.54) is 38.2 Å². The lowest BCUT2D eigenvalue weighted by atomic mass is 10.2. The molecule has 0 fully saturated rings. The van der Waals surface area contributed by atoms with Gasteiger partial charge in [0.05, 0.1) is 13.3 Å². The number of ether oxygens (including phenoxy) is 1. The Bertz CT molecular complexity index is 1210. The fourth-order valence-corrected chi connectivity index (χ4v) is 8.32. The fourth-order valence-electron chi connectivity index (χ4n) is 4.16. The third-order valence-electron chi connectivity index (χ3n) is 5.98. The van der Waals surface area contributed by atoms with Crippen LogP contribution >= 0.6 is 7.26 Å². The van der Waals surface area contributed by atoms with Crippen molar-refractivity contribution in [3.05, 3.63) is 119 Å². The van der Waals surface area contributed by atoms with Crippen molar-refractivity contribution in [3.8, 4) is 5.75 Å². The molecule has 0 aliphatic heterocycles. The first-order valence-electron chi connectivity index (χ1n) is 12.6. The average Bonchev–Trinajstić information content (AvgIpc) is 2.88. The number of carboxylic acids is 2. The third kappa shape index (κ3) is 9.38. The number of carbonyl (C=O) groups excluding carboxylic acids is 1. The SMILES string of the molecule is CC(=O)O.CC(=O)[O-].COc1cccc(C[P+](c2ccc(C)cc2)(c2ccc(C)cc2)c2ccc(C)cc2)c1. The molecule has 0 bridgehead atoms. The molecule has 0 aliphatic rings. The zero-order valence-electron chi connectivity index (χ0n) is 23.5. The molecule has 0 saturated heterocycles. The standard InChI is InChI=1S/C29H30OP.2C2H4O2/c1-22-8-14-27(15-9-22)31(28-16-10-23(2)11-17-28,29-18-12-24(3)13-19-29)21-25-6-5-7-26(20-25)30-4;2*1-2(3)4/h5-20H,21H2,1-4H3;2*1H3,(H,3,4)/q+1;;/p-1. The van der Waals surface area contributed by atoms with Crippen molar-refractivity contribution in [2.24, 2.45) is 0 Å². The number of carbonyl (C=O) groups is 2. The van der Waals surface area contributed by atoms with Crippen LogP contribution in [0.3, 0.4) is 0 Å². The van der Waals surface area contributed by atoms with Gasteiger partial charge in [0.25, 0.3) is 5.97 Å². The lowest BCUT2D eigenvalue weighted by molar-refractivity contribution is -0.302. The van der Waals surface area contributed by atoms with Crippen molar-refractivity contribution in [3.63, 3.8) is 0 Å². The quantitative estimate of drug-likeness (QED) is 0.347. The molecule has 0 heterocycles. The zero-order chi connectivity index (χ0) is 29.0. The van der Waals surface area contributed by atoms with Crippen molar-refractivity contribution in [2.75, 3.05) is 7.11 Å². The predicted molar refractivity (Wildman–Crippen MR) is 160 cm³/mol. The van der Waals surface area contributed by atoms with E-state index in [4.69, 9.17) is 24.5 Å². The van der Waals surface area contributed by atoms with Gasteiger partial charge in [-0.3, -0.25) is 4.79 Å². The van der Waals surface area contributed by atoms with Crippen molar-refractivity contribution in [2.45, 2.75) is 40.8 Å². The van der Waals surface area contributed by atoms with E-state index >= 15 is 0 Å². The Labute approximate surface area is 232 Å². The highest BCUT2D eigenvalue weighted by Gasteiger charge is 2.45. The highest BCUT2D eigenvalue weighted by atomic mass is 31.2. The Balaban J connectivity index is 0.000000590. The highest BCUT2D eigenvalue weighted by molar-refractivity contribution is 7.95. The molecule has 204 valence electrons. The zero-order valence-corrected chi connectivity index (χ0v) is 24.4. The summed E-state index contributed by atoms with van der Waals surface area (Å²) in [5.41, 5.74) is 5.16. The predicted octanol–water partition coefficient (Wildman–Crippen LogP) is 4.96. The van der Waals surface area contributed by atoms with Gasteiger partial charge >= 0.3 is 0 Å². The van der Waals surface area contributed by atoms with Crippen molar-refractivity contribution >= 4 is 35.1 Å². The van der Waals surface area contributed by atoms with Gasteiger partial charge in [0.15, 0.2) is 0 Å². The molecule has 4 aromatic carbocycles. The smallest absolute Gasteiger partial charge is 0.300 e. The lowest BCUT2D eigenvalue weighted by Gasteiger charge is -2.28. The molecule has 0 amide bonds. The number of hydrogen-bond acceptors (Lipinski definition) is 4. The van der Waals surface area contributed by atoms with Crippen LogP contribution in [-0.4, -0.2) is 24.2 Å². The lowest BCUT2D eigenvalue weighted by Crippen LogP contribution is -2.32. The first kappa shape index (κ1) is 31.3. The summed E-state index contributed by atoms with van der Waals surface area (Å²) in [4.78, 5) is 17.9. The maximum atomic E-state index is 9.00. The molecule has 0 aromatic heterocycles. The minimum atomic E-state index is -1.92. The van der Waals surface area contributed by atoms with E-state index in [1.54, 1.807) is 7.11 Å². The molecule has 4 rings (SSSR count). The second-order valence-electron chi connectivity index (χ2n) is 9.34. The van der Waals surface area contributed by atoms with E-state index in [1.807, 2.05) is 6.07 Å². The van der Waals surface area contributed by atoms with Crippen molar-refractivity contribution in [1.82, 2.24) is 0 Å². The molecule has 4 aromatic rings. The van der Waals surface area contributed by atoms with Crippen LogP contribution in [-0.2, 0) is 15.8 Å². The number of rotatable bonds is 6. The molecular weight excluding hydrogens is 507 g/mol. The normalized spacial score (nSPS) is 10.3. The van der Waals surface area contributed by atoms with E-state index in [0.29, 0.717) is 0 Å². The Kier molecular flexibility index (Phi) is 11.9. The minimum absolute atomic E-state index is 0.833. The second kappa shape index (κ2) is 14.8. The second-order valence-corrected chi connectivity index (χ2v) is 12.8. The van der Waals surface area contributed by atoms with Gasteiger partial charge in [-0.1, -0.05) is 65.2 Å². The Morgan fingerprint density at radius 3 is 1.36 bits per heavy atom. The van der Waals surface area contributed by atoms with Crippen LogP contribution in [0.4, 0.5) is 0 Å². The van der Waals surface area contributed by atoms with Gasteiger partial charge < -0.3 is 19.7 Å². The topological polar surface area (TPSA) is 86.7 Å². The van der Waals surface area contributed by atoms with Gasteiger partial charge in [-0.25, -0.2) is 0 Å². The summed E-state index contributed by atoms with van der Waals surface area (Å²) in [5.74, 6) is -1.01. The molecule has 0 saturated carbocycles. The van der Waals surface area contributed by atoms with Crippen LogP contribution < -0.4 is 25.8 Å². The summed E-state index contributed by atoms with van der Waals surface area (Å²) in [6, 6.07) is 36.0. The summed E-state index contributed by atoms with van der Waals surface area (Å²) in [6.07, 6.45) is 0.958. The number of aryl methyl sites for hydroxylation is 3. The van der Waals surface area contributed by atoms with Crippen LogP contribution in [0.25, 0.3) is 0 Å². The molecule has 6 heteroatoms. The van der Waals surface area contributed by atoms with Crippen LogP contribution in [0.2, 0.25) is 0 Å². The summed E-state index contributed by atoms with van der Waals surface area (Å²) < 4.78 is 5.55. The highest BCUT2D eigenvalue weighted by Crippen LogP contribution is 2.58. The maximum Gasteiger partial charge on any atom is 0.300 e. The maximum absolute atomic E-state index is 9.00. The summed E-state index contributed by atoms with van der Waals surface area (Å²) in [7, 11) is -0.183. The van der Waals surface area contributed by atoms with Crippen LogP contribution in [0.15, 0.2) is 97.1 Å². The largest absolute Gasteiger partial charge is 0.550 e. The van der Waals surface area contributed by atoms with Gasteiger partial charge in [-0.15, -0.1) is 0 Å². The van der Waals surface area contributed by atoms with Gasteiger partial charge in [-0.05, 0) is 81.8 Å². The van der Waals surface area contributed by atoms with E-state index in [0.717, 1.165) is 25.8 Å². The summed E-state index contributed by atoms with van der Waals surface area (Å²) in [5, 5.41) is 20.5. The number of benzene rings is 4. The summed E-state index contributed by atoms with van der Waals surface area (Å²) in [6.45, 7) is 8.52. The minimum Gasteiger partial charge on any atom is -0.550 e. The Hall–Kier alpha value is -3.95. The van der Waals surface area contributed by atoms with Crippen molar-refractivity contribution < 1.29 is 24.5 Å². The van der Waals surface area contributed by atoms with Gasteiger partial charge in [0.2, 0.25) is 0 Å². The first-order chi connectivity index (χ1) is 18.5. The van der Waals surface area contributed by atoms with Crippen LogP contribution in [0, 0.1) is 20.8 Å². The Morgan fingerprint density at radius 2 is 1.05 bits per heavy atom. The molecule has 5 nitrogen and oxygen atoms in total. The number of hydrogen-bond donors (Lipinski definition) is 1. The molecular formula is C33H37O5P. The monoisotopic (exact) mass is 544 g/mol. The molecule has 0 aliphatic carbocycles. The number of carboxylic acid groups (broad SMARTS) is 2. The van der Waals surface area contributed by atoms with E-state index in [2.05, 4.69) is 112 Å². The number of aliphatic carboxylic acids is 2. The van der Waals surface area contributed by atoms with Crippen LogP contribution in [0.5, 0.6) is 5.75 Å². The van der Waals surface area contributed by atoms with Gasteiger partial charge in [-0.2, -0.15) is 0 Å². The van der Waals surface area contributed by atoms with Crippen LogP contribution in [0.1, 0.15) is 36.1 Å². The molecule has 0 unspecified atom stereocenters. The van der Waals surface area contributed by atoms with E-state index < -0.39 is 19.2 Å². The van der Waals surface area contributed by atoms with Gasteiger partial charge in [0.1, 0.15) is 28.9 Å². The Morgan fingerprint density at radius 1 is 0.718 bits per heavy atom. The molecule has 1 N–H and O–H groups in total. The third-order valence-corrected chi connectivity index (χ3v) is 10.4. The fraction of sp³-hybridized carbons (Fsp3) is 0.212.